The molecule has 4 heteroatoms. The molecule has 1 atom stereocenters. The van der Waals surface area contributed by atoms with Crippen LogP contribution < -0.4 is 0 Å². The van der Waals surface area contributed by atoms with Crippen LogP contribution >= 0.6 is 27.3 Å². The second kappa shape index (κ2) is 4.66. The van der Waals surface area contributed by atoms with Crippen LogP contribution in [0.2, 0.25) is 0 Å². The van der Waals surface area contributed by atoms with Gasteiger partial charge in [0, 0.05) is 13.1 Å². The van der Waals surface area contributed by atoms with E-state index in [2.05, 4.69) is 22.9 Å². The standard InChI is InChI=1S/C11H14BrNOS/c1-2-8-5-6-13(7-8)11(14)9-3-4-10(12)15-9/h3-4,8H,2,5-7H2,1H3. The van der Waals surface area contributed by atoms with Gasteiger partial charge in [-0.3, -0.25) is 4.79 Å². The first-order valence-electron chi connectivity index (χ1n) is 5.25. The van der Waals surface area contributed by atoms with Crippen molar-refractivity contribution < 1.29 is 4.79 Å². The fourth-order valence-electron chi connectivity index (χ4n) is 1.94. The molecule has 2 heterocycles. The van der Waals surface area contributed by atoms with Crippen molar-refractivity contribution in [2.75, 3.05) is 13.1 Å². The number of thiophene rings is 1. The van der Waals surface area contributed by atoms with Gasteiger partial charge in [0.25, 0.3) is 5.91 Å². The summed E-state index contributed by atoms with van der Waals surface area (Å²) >= 11 is 4.90. The molecule has 1 aromatic heterocycles. The lowest BCUT2D eigenvalue weighted by Crippen LogP contribution is -2.27. The number of hydrogen-bond acceptors (Lipinski definition) is 2. The fourth-order valence-corrected chi connectivity index (χ4v) is 3.29. The molecule has 15 heavy (non-hydrogen) atoms. The maximum atomic E-state index is 12.0. The number of rotatable bonds is 2. The van der Waals surface area contributed by atoms with E-state index in [4.69, 9.17) is 0 Å². The summed E-state index contributed by atoms with van der Waals surface area (Å²) in [7, 11) is 0. The Hall–Kier alpha value is -0.350. The lowest BCUT2D eigenvalue weighted by molar-refractivity contribution is 0.0791. The summed E-state index contributed by atoms with van der Waals surface area (Å²) in [5.74, 6) is 0.902. The Bertz CT molecular complexity index is 363. The number of carbonyl (C=O) groups excluding carboxylic acids is 1. The van der Waals surface area contributed by atoms with Crippen molar-refractivity contribution in [3.8, 4) is 0 Å². The van der Waals surface area contributed by atoms with Crippen molar-refractivity contribution >= 4 is 33.2 Å². The molecular formula is C11H14BrNOS. The summed E-state index contributed by atoms with van der Waals surface area (Å²) in [4.78, 5) is 14.9. The van der Waals surface area contributed by atoms with Crippen LogP contribution in [-0.4, -0.2) is 23.9 Å². The average molecular weight is 288 g/mol. The van der Waals surface area contributed by atoms with Crippen LogP contribution in [0, 0.1) is 5.92 Å². The van der Waals surface area contributed by atoms with Crippen molar-refractivity contribution in [1.82, 2.24) is 4.90 Å². The molecule has 1 amide bonds. The molecule has 82 valence electrons. The minimum absolute atomic E-state index is 0.196. The smallest absolute Gasteiger partial charge is 0.263 e. The Kier molecular flexibility index (Phi) is 3.46. The van der Waals surface area contributed by atoms with Crippen molar-refractivity contribution in [2.24, 2.45) is 5.92 Å². The predicted molar refractivity (Wildman–Crippen MR) is 66.3 cm³/mol. The highest BCUT2D eigenvalue weighted by atomic mass is 79.9. The largest absolute Gasteiger partial charge is 0.338 e. The molecule has 0 saturated carbocycles. The maximum absolute atomic E-state index is 12.0. The SMILES string of the molecule is CCC1CCN(C(=O)c2ccc(Br)s2)C1. The predicted octanol–water partition coefficient (Wildman–Crippen LogP) is 3.38. The van der Waals surface area contributed by atoms with Gasteiger partial charge in [0.05, 0.1) is 8.66 Å². The molecule has 1 fully saturated rings. The van der Waals surface area contributed by atoms with Crippen LogP contribution in [0.15, 0.2) is 15.9 Å². The number of carbonyl (C=O) groups is 1. The summed E-state index contributed by atoms with van der Waals surface area (Å²) in [6, 6.07) is 3.83. The van der Waals surface area contributed by atoms with Crippen LogP contribution in [0.5, 0.6) is 0 Å². The van der Waals surface area contributed by atoms with E-state index >= 15 is 0 Å². The first kappa shape index (κ1) is 11.1. The highest BCUT2D eigenvalue weighted by Crippen LogP contribution is 2.26. The molecule has 1 unspecified atom stereocenters. The number of amides is 1. The minimum atomic E-state index is 0.196. The lowest BCUT2D eigenvalue weighted by Gasteiger charge is -2.14. The Labute approximate surface area is 102 Å². The Balaban J connectivity index is 2.03. The summed E-state index contributed by atoms with van der Waals surface area (Å²) in [5.41, 5.74) is 0. The molecule has 2 nitrogen and oxygen atoms in total. The van der Waals surface area contributed by atoms with E-state index < -0.39 is 0 Å². The summed E-state index contributed by atoms with van der Waals surface area (Å²) in [6.45, 7) is 4.05. The van der Waals surface area contributed by atoms with Gasteiger partial charge >= 0.3 is 0 Å². The molecule has 1 aromatic rings. The molecule has 0 aliphatic carbocycles. The van der Waals surface area contributed by atoms with Crippen molar-refractivity contribution in [1.29, 1.82) is 0 Å². The zero-order valence-corrected chi connectivity index (χ0v) is 11.1. The molecule has 0 N–H and O–H groups in total. The van der Waals surface area contributed by atoms with Gasteiger partial charge in [-0.15, -0.1) is 11.3 Å². The minimum Gasteiger partial charge on any atom is -0.338 e. The van der Waals surface area contributed by atoms with E-state index in [9.17, 15) is 4.79 Å². The third-order valence-corrected chi connectivity index (χ3v) is 4.55. The van der Waals surface area contributed by atoms with Crippen LogP contribution in [0.25, 0.3) is 0 Å². The molecule has 0 radical (unpaired) electrons. The summed E-state index contributed by atoms with van der Waals surface area (Å²) < 4.78 is 1.03. The van der Waals surface area contributed by atoms with E-state index in [0.717, 1.165) is 28.2 Å². The van der Waals surface area contributed by atoms with Gasteiger partial charge < -0.3 is 4.90 Å². The topological polar surface area (TPSA) is 20.3 Å². The van der Waals surface area contributed by atoms with Gasteiger partial charge in [-0.25, -0.2) is 0 Å². The molecule has 0 aromatic carbocycles. The van der Waals surface area contributed by atoms with Crippen LogP contribution in [0.1, 0.15) is 29.4 Å². The van der Waals surface area contributed by atoms with Crippen molar-refractivity contribution in [3.63, 3.8) is 0 Å². The van der Waals surface area contributed by atoms with Crippen molar-refractivity contribution in [2.45, 2.75) is 19.8 Å². The number of nitrogens with zero attached hydrogens (tertiary/aromatic N) is 1. The fraction of sp³-hybridized carbons (Fsp3) is 0.545. The first-order chi connectivity index (χ1) is 7.20. The van der Waals surface area contributed by atoms with Gasteiger partial charge in [0.1, 0.15) is 0 Å². The normalized spacial score (nSPS) is 20.9. The molecule has 0 spiro atoms. The number of hydrogen-bond donors (Lipinski definition) is 0. The van der Waals surface area contributed by atoms with Gasteiger partial charge in [0.15, 0.2) is 0 Å². The lowest BCUT2D eigenvalue weighted by atomic mass is 10.1. The molecule has 1 aliphatic heterocycles. The molecule has 2 rings (SSSR count). The zero-order valence-electron chi connectivity index (χ0n) is 8.70. The Morgan fingerprint density at radius 1 is 1.67 bits per heavy atom. The van der Waals surface area contributed by atoms with Gasteiger partial charge in [-0.2, -0.15) is 0 Å². The van der Waals surface area contributed by atoms with Crippen LogP contribution in [-0.2, 0) is 0 Å². The van der Waals surface area contributed by atoms with Crippen LogP contribution in [0.3, 0.4) is 0 Å². The van der Waals surface area contributed by atoms with E-state index in [-0.39, 0.29) is 5.91 Å². The van der Waals surface area contributed by atoms with E-state index in [0.29, 0.717) is 5.92 Å². The number of likely N-dealkylation sites (tertiary alicyclic amines) is 1. The Morgan fingerprint density at radius 2 is 2.47 bits per heavy atom. The maximum Gasteiger partial charge on any atom is 0.263 e. The zero-order chi connectivity index (χ0) is 10.8. The first-order valence-corrected chi connectivity index (χ1v) is 6.86. The van der Waals surface area contributed by atoms with E-state index in [1.165, 1.54) is 17.8 Å². The van der Waals surface area contributed by atoms with Gasteiger partial charge in [-0.05, 0) is 40.4 Å². The van der Waals surface area contributed by atoms with Gasteiger partial charge in [-0.1, -0.05) is 13.3 Å². The van der Waals surface area contributed by atoms with E-state index in [1.807, 2.05) is 17.0 Å². The quantitative estimate of drug-likeness (QED) is 0.817. The molecular weight excluding hydrogens is 274 g/mol. The highest BCUT2D eigenvalue weighted by molar-refractivity contribution is 9.11. The molecule has 1 saturated heterocycles. The van der Waals surface area contributed by atoms with Crippen molar-refractivity contribution in [3.05, 3.63) is 20.8 Å². The summed E-state index contributed by atoms with van der Waals surface area (Å²) in [5, 5.41) is 0. The molecule has 1 aliphatic rings. The second-order valence-corrected chi connectivity index (χ2v) is 6.38. The van der Waals surface area contributed by atoms with E-state index in [1.54, 1.807) is 0 Å². The summed E-state index contributed by atoms with van der Waals surface area (Å²) in [6.07, 6.45) is 2.34. The third-order valence-electron chi connectivity index (χ3n) is 2.93. The average Bonchev–Trinajstić information content (AvgIpc) is 2.84. The van der Waals surface area contributed by atoms with Crippen LogP contribution in [0.4, 0.5) is 0 Å². The monoisotopic (exact) mass is 287 g/mol. The Morgan fingerprint density at radius 3 is 3.00 bits per heavy atom. The number of halogens is 1. The molecule has 0 bridgehead atoms. The highest BCUT2D eigenvalue weighted by Gasteiger charge is 2.26. The van der Waals surface area contributed by atoms with Gasteiger partial charge in [0.2, 0.25) is 0 Å². The second-order valence-electron chi connectivity index (χ2n) is 3.92. The third kappa shape index (κ3) is 2.42.